The summed E-state index contributed by atoms with van der Waals surface area (Å²) in [6, 6.07) is 2.06. The third-order valence-electron chi connectivity index (χ3n) is 3.34. The van der Waals surface area contributed by atoms with E-state index < -0.39 is 11.7 Å². The van der Waals surface area contributed by atoms with Crippen LogP contribution in [0.3, 0.4) is 0 Å². The number of nitrogens with zero attached hydrogens (tertiary/aromatic N) is 2. The normalized spacial score (nSPS) is 20.9. The van der Waals surface area contributed by atoms with Gasteiger partial charge in [-0.05, 0) is 32.1 Å². The van der Waals surface area contributed by atoms with Gasteiger partial charge in [-0.3, -0.25) is 0 Å². The van der Waals surface area contributed by atoms with Crippen molar-refractivity contribution in [3.8, 4) is 6.07 Å². The molecule has 2 radical (unpaired) electrons. The number of nitriles is 1. The molecule has 5 heteroatoms. The molecule has 0 aliphatic carbocycles. The van der Waals surface area contributed by atoms with Gasteiger partial charge in [0.2, 0.25) is 0 Å². The van der Waals surface area contributed by atoms with Gasteiger partial charge in [0, 0.05) is 23.5 Å². The summed E-state index contributed by atoms with van der Waals surface area (Å²) < 4.78 is 5.35. The summed E-state index contributed by atoms with van der Waals surface area (Å²) in [6.45, 7) is 6.41. The first-order chi connectivity index (χ1) is 10.5. The Kier molecular flexibility index (Phi) is 5.02. The van der Waals surface area contributed by atoms with Crippen LogP contribution in [0.2, 0.25) is 0 Å². The molecule has 22 heavy (non-hydrogen) atoms. The lowest BCUT2D eigenvalue weighted by Crippen LogP contribution is -2.27. The van der Waals surface area contributed by atoms with E-state index in [1.807, 2.05) is 26.0 Å². The van der Waals surface area contributed by atoms with Gasteiger partial charge in [0.05, 0.1) is 36.5 Å². The van der Waals surface area contributed by atoms with E-state index >= 15 is 0 Å². The Balaban J connectivity index is 2.14. The van der Waals surface area contributed by atoms with Gasteiger partial charge in [-0.2, -0.15) is 5.26 Å². The summed E-state index contributed by atoms with van der Waals surface area (Å²) in [7, 11) is 0. The van der Waals surface area contributed by atoms with E-state index in [0.717, 1.165) is 11.1 Å². The second kappa shape index (κ2) is 6.78. The third kappa shape index (κ3) is 3.76. The van der Waals surface area contributed by atoms with E-state index in [9.17, 15) is 5.11 Å². The lowest BCUT2D eigenvalue weighted by atomic mass is 9.96. The van der Waals surface area contributed by atoms with Crippen LogP contribution < -0.4 is 0 Å². The van der Waals surface area contributed by atoms with Crippen LogP contribution >= 0.6 is 0 Å². The number of β-amino-alcohol motifs (C(OH)–C–C–N with tert-alkyl or cyclic N) is 1. The molecule has 0 saturated carbocycles. The Morgan fingerprint density at radius 2 is 2.14 bits per heavy atom. The van der Waals surface area contributed by atoms with Crippen LogP contribution in [0, 0.1) is 17.9 Å². The van der Waals surface area contributed by atoms with E-state index in [-0.39, 0.29) is 6.61 Å². The molecule has 0 amide bonds. The van der Waals surface area contributed by atoms with Crippen LogP contribution in [0.5, 0.6) is 0 Å². The highest BCUT2D eigenvalue weighted by molar-refractivity contribution is 5.48. The molecule has 0 bridgehead atoms. The monoisotopic (exact) mass is 298 g/mol. The first-order valence-electron chi connectivity index (χ1n) is 6.93. The number of allylic oxidation sites excluding steroid dienone is 2. The molecule has 1 atom stereocenters. The van der Waals surface area contributed by atoms with Crippen LogP contribution in [-0.2, 0) is 4.74 Å². The molecule has 0 aromatic rings. The van der Waals surface area contributed by atoms with Gasteiger partial charge in [0.15, 0.2) is 6.61 Å². The van der Waals surface area contributed by atoms with Crippen molar-refractivity contribution >= 4 is 0 Å². The second-order valence-electron chi connectivity index (χ2n) is 5.52. The van der Waals surface area contributed by atoms with Crippen LogP contribution in [-0.4, -0.2) is 40.0 Å². The minimum absolute atomic E-state index is 0.270. The van der Waals surface area contributed by atoms with Crippen molar-refractivity contribution in [3.63, 3.8) is 0 Å². The fourth-order valence-corrected chi connectivity index (χ4v) is 2.05. The first kappa shape index (κ1) is 16.3. The van der Waals surface area contributed by atoms with E-state index in [1.165, 1.54) is 0 Å². The van der Waals surface area contributed by atoms with Gasteiger partial charge in [0.25, 0.3) is 0 Å². The SMILES string of the molecule is CC1(C)O[C]C(C#N)=C1C=C=C1C=CN(CC(O)CO)C=C1. The zero-order valence-corrected chi connectivity index (χ0v) is 12.6. The Labute approximate surface area is 130 Å². The topological polar surface area (TPSA) is 76.7 Å². The number of ether oxygens (including phenoxy) is 1. The van der Waals surface area contributed by atoms with Crippen LogP contribution in [0.1, 0.15) is 13.8 Å². The van der Waals surface area contributed by atoms with E-state index in [4.69, 9.17) is 15.1 Å². The lowest BCUT2D eigenvalue weighted by Gasteiger charge is -2.20. The molecule has 2 aliphatic rings. The molecule has 114 valence electrons. The first-order valence-corrected chi connectivity index (χ1v) is 6.93. The molecule has 0 spiro atoms. The van der Waals surface area contributed by atoms with Gasteiger partial charge in [-0.25, -0.2) is 0 Å². The van der Waals surface area contributed by atoms with E-state index in [0.29, 0.717) is 12.1 Å². The van der Waals surface area contributed by atoms with Crippen molar-refractivity contribution in [1.82, 2.24) is 4.90 Å². The number of aliphatic hydroxyl groups is 2. The molecule has 2 rings (SSSR count). The van der Waals surface area contributed by atoms with Crippen molar-refractivity contribution < 1.29 is 14.9 Å². The maximum Gasteiger partial charge on any atom is 0.179 e. The van der Waals surface area contributed by atoms with Gasteiger partial charge in [-0.15, -0.1) is 5.73 Å². The molecule has 1 unspecified atom stereocenters. The molecule has 2 aliphatic heterocycles. The van der Waals surface area contributed by atoms with Crippen molar-refractivity contribution in [2.75, 3.05) is 13.2 Å². The molecule has 2 N–H and O–H groups in total. The standard InChI is InChI=1S/C17H18N2O3/c1-17(2)16(14(9-18)12-22-17)4-3-13-5-7-19(8-6-13)10-15(21)11-20/h4-8,15,20-21H,10-11H2,1-2H3. The summed E-state index contributed by atoms with van der Waals surface area (Å²) in [5.74, 6) is 0. The predicted octanol–water partition coefficient (Wildman–Crippen LogP) is 1.43. The minimum atomic E-state index is -0.777. The minimum Gasteiger partial charge on any atom is -0.394 e. The summed E-state index contributed by atoms with van der Waals surface area (Å²) >= 11 is 0. The Bertz CT molecular complexity index is 613. The fourth-order valence-electron chi connectivity index (χ4n) is 2.05. The number of hydrogen-bond acceptors (Lipinski definition) is 5. The Morgan fingerprint density at radius 1 is 1.45 bits per heavy atom. The number of aliphatic hydroxyl groups excluding tert-OH is 2. The van der Waals surface area contributed by atoms with Crippen molar-refractivity contribution in [1.29, 1.82) is 5.26 Å². The van der Waals surface area contributed by atoms with Gasteiger partial charge >= 0.3 is 0 Å². The summed E-state index contributed by atoms with van der Waals surface area (Å²) in [4.78, 5) is 1.77. The van der Waals surface area contributed by atoms with E-state index in [2.05, 4.69) is 18.4 Å². The smallest absolute Gasteiger partial charge is 0.179 e. The summed E-state index contributed by atoms with van der Waals surface area (Å²) in [5, 5.41) is 27.3. The summed E-state index contributed by atoms with van der Waals surface area (Å²) in [6.07, 6.45) is 8.22. The van der Waals surface area contributed by atoms with E-state index in [1.54, 1.807) is 23.4 Å². The number of rotatable bonds is 4. The van der Waals surface area contributed by atoms with Crippen molar-refractivity contribution in [2.24, 2.45) is 0 Å². The average molecular weight is 298 g/mol. The highest BCUT2D eigenvalue weighted by Gasteiger charge is 2.33. The van der Waals surface area contributed by atoms with Crippen LogP contribution in [0.15, 0.2) is 53.1 Å². The lowest BCUT2D eigenvalue weighted by molar-refractivity contribution is 0.0802. The highest BCUT2D eigenvalue weighted by Crippen LogP contribution is 2.34. The van der Waals surface area contributed by atoms with Crippen molar-refractivity contribution in [2.45, 2.75) is 25.6 Å². The molecular weight excluding hydrogens is 280 g/mol. The maximum atomic E-state index is 9.39. The quantitative estimate of drug-likeness (QED) is 0.768. The van der Waals surface area contributed by atoms with Crippen LogP contribution in [0.4, 0.5) is 0 Å². The predicted molar refractivity (Wildman–Crippen MR) is 80.7 cm³/mol. The van der Waals surface area contributed by atoms with Gasteiger partial charge in [-0.1, -0.05) is 0 Å². The summed E-state index contributed by atoms with van der Waals surface area (Å²) in [5.41, 5.74) is 4.49. The highest BCUT2D eigenvalue weighted by atomic mass is 16.5. The molecule has 0 aromatic carbocycles. The number of hydrogen-bond donors (Lipinski definition) is 2. The molecule has 5 nitrogen and oxygen atoms in total. The molecular formula is C17H18N2O3. The third-order valence-corrected chi connectivity index (χ3v) is 3.34. The van der Waals surface area contributed by atoms with Crippen LogP contribution in [0.25, 0.3) is 0 Å². The average Bonchev–Trinajstić information content (AvgIpc) is 2.80. The van der Waals surface area contributed by atoms with Crippen molar-refractivity contribution in [3.05, 3.63) is 59.7 Å². The second-order valence-corrected chi connectivity index (χ2v) is 5.52. The zero-order valence-electron chi connectivity index (χ0n) is 12.6. The Hall–Kier alpha value is -2.09. The largest absolute Gasteiger partial charge is 0.394 e. The molecule has 2 heterocycles. The zero-order chi connectivity index (χ0) is 16.2. The molecule has 0 fully saturated rings. The maximum absolute atomic E-state index is 9.39. The molecule has 0 saturated heterocycles. The van der Waals surface area contributed by atoms with Gasteiger partial charge in [0.1, 0.15) is 0 Å². The molecule has 0 aromatic heterocycles. The van der Waals surface area contributed by atoms with Gasteiger partial charge < -0.3 is 19.8 Å². The fraction of sp³-hybridized carbons (Fsp3) is 0.353. The Morgan fingerprint density at radius 3 is 2.73 bits per heavy atom.